The summed E-state index contributed by atoms with van der Waals surface area (Å²) in [7, 11) is 1.34. The van der Waals surface area contributed by atoms with Crippen LogP contribution in [0.3, 0.4) is 0 Å². The summed E-state index contributed by atoms with van der Waals surface area (Å²) in [6.07, 6.45) is 0. The summed E-state index contributed by atoms with van der Waals surface area (Å²) in [5, 5.41) is 12.8. The van der Waals surface area contributed by atoms with Crippen LogP contribution >= 0.6 is 0 Å². The van der Waals surface area contributed by atoms with Gasteiger partial charge >= 0.3 is 5.97 Å². The third-order valence-electron chi connectivity index (χ3n) is 4.72. The summed E-state index contributed by atoms with van der Waals surface area (Å²) < 4.78 is 4.89. The lowest BCUT2D eigenvalue weighted by atomic mass is 10.1. The fourth-order valence-electron chi connectivity index (χ4n) is 3.11. The quantitative estimate of drug-likeness (QED) is 0.471. The molecule has 2 heterocycles. The Kier molecular flexibility index (Phi) is 5.59. The Morgan fingerprint density at radius 3 is 2.72 bits per heavy atom. The van der Waals surface area contributed by atoms with Crippen LogP contribution in [0.1, 0.15) is 48.6 Å². The van der Waals surface area contributed by atoms with Crippen molar-refractivity contribution < 1.29 is 14.6 Å². The van der Waals surface area contributed by atoms with Crippen LogP contribution in [0.2, 0.25) is 0 Å². The molecular weight excluding hydrogens is 370 g/mol. The number of carbonyl (C=O) groups excluding carboxylic acids is 1. The second kappa shape index (κ2) is 7.81. The number of aryl methyl sites for hydroxylation is 1. The van der Waals surface area contributed by atoms with Gasteiger partial charge in [0.15, 0.2) is 0 Å². The lowest BCUT2D eigenvalue weighted by molar-refractivity contribution is 0.0599. The SMILES string of the molecule is COC(=O)c1cc(-c2cccc3nc(C)c(NC(C)(C)CO)nc23)[nH]c1C(C)N. The molecule has 3 rings (SSSR count). The van der Waals surface area contributed by atoms with E-state index in [1.54, 1.807) is 13.0 Å². The number of esters is 1. The lowest BCUT2D eigenvalue weighted by Crippen LogP contribution is -2.35. The van der Waals surface area contributed by atoms with Gasteiger partial charge in [0.1, 0.15) is 11.3 Å². The Hall–Kier alpha value is -2.97. The largest absolute Gasteiger partial charge is 0.465 e. The maximum absolute atomic E-state index is 12.2. The van der Waals surface area contributed by atoms with Gasteiger partial charge in [0, 0.05) is 23.0 Å². The fourth-order valence-corrected chi connectivity index (χ4v) is 3.11. The first-order chi connectivity index (χ1) is 13.7. The number of methoxy groups -OCH3 is 1. The van der Waals surface area contributed by atoms with Crippen molar-refractivity contribution in [2.75, 3.05) is 19.0 Å². The number of anilines is 1. The van der Waals surface area contributed by atoms with Crippen LogP contribution in [0.15, 0.2) is 24.3 Å². The molecule has 0 fully saturated rings. The Morgan fingerprint density at radius 1 is 1.38 bits per heavy atom. The number of hydrogen-bond acceptors (Lipinski definition) is 7. The second-order valence-corrected chi connectivity index (χ2v) is 7.79. The minimum Gasteiger partial charge on any atom is -0.465 e. The van der Waals surface area contributed by atoms with Crippen LogP contribution in [-0.4, -0.2) is 45.3 Å². The van der Waals surface area contributed by atoms with E-state index < -0.39 is 11.5 Å². The summed E-state index contributed by atoms with van der Waals surface area (Å²) in [6.45, 7) is 7.38. The molecule has 2 aromatic heterocycles. The van der Waals surface area contributed by atoms with E-state index in [9.17, 15) is 9.90 Å². The summed E-state index contributed by atoms with van der Waals surface area (Å²) in [4.78, 5) is 24.9. The van der Waals surface area contributed by atoms with Gasteiger partial charge in [-0.1, -0.05) is 12.1 Å². The first-order valence-corrected chi connectivity index (χ1v) is 9.40. The van der Waals surface area contributed by atoms with Gasteiger partial charge in [-0.25, -0.2) is 14.8 Å². The van der Waals surface area contributed by atoms with Gasteiger partial charge in [0.25, 0.3) is 0 Å². The predicted octanol–water partition coefficient (Wildman–Crippen LogP) is 2.92. The molecule has 0 spiro atoms. The number of rotatable bonds is 6. The standard InChI is InChI=1S/C21H27N5O3/c1-11(22)17-14(20(28)29-5)9-16(24-17)13-7-6-8-15-18(13)25-19(12(2)23-15)26-21(3,4)10-27/h6-9,11,24,27H,10,22H2,1-5H3,(H,25,26). The van der Waals surface area contributed by atoms with E-state index in [0.717, 1.165) is 16.8 Å². The van der Waals surface area contributed by atoms with Gasteiger partial charge in [-0.05, 0) is 39.8 Å². The van der Waals surface area contributed by atoms with E-state index in [0.29, 0.717) is 28.3 Å². The topological polar surface area (TPSA) is 126 Å². The zero-order chi connectivity index (χ0) is 21.3. The van der Waals surface area contributed by atoms with Crippen LogP contribution in [0.25, 0.3) is 22.3 Å². The van der Waals surface area contributed by atoms with Gasteiger partial charge in [0.05, 0.1) is 36.0 Å². The highest BCUT2D eigenvalue weighted by molar-refractivity contribution is 5.96. The molecule has 0 amide bonds. The monoisotopic (exact) mass is 397 g/mol. The summed E-state index contributed by atoms with van der Waals surface area (Å²) in [5.74, 6) is 0.144. The molecule has 29 heavy (non-hydrogen) atoms. The molecule has 0 saturated carbocycles. The Morgan fingerprint density at radius 2 is 2.10 bits per heavy atom. The molecule has 8 nitrogen and oxygen atoms in total. The number of aliphatic hydroxyl groups excluding tert-OH is 1. The Bertz CT molecular complexity index is 1060. The van der Waals surface area contributed by atoms with E-state index in [4.69, 9.17) is 15.5 Å². The van der Waals surface area contributed by atoms with Crippen molar-refractivity contribution in [2.45, 2.75) is 39.3 Å². The molecule has 5 N–H and O–H groups in total. The third-order valence-corrected chi connectivity index (χ3v) is 4.72. The number of ether oxygens (including phenoxy) is 1. The zero-order valence-corrected chi connectivity index (χ0v) is 17.3. The number of para-hydroxylation sites is 1. The number of carbonyl (C=O) groups is 1. The Balaban J connectivity index is 2.19. The molecule has 1 atom stereocenters. The van der Waals surface area contributed by atoms with Crippen molar-refractivity contribution in [2.24, 2.45) is 5.73 Å². The van der Waals surface area contributed by atoms with E-state index in [1.807, 2.05) is 39.0 Å². The number of aromatic nitrogens is 3. The van der Waals surface area contributed by atoms with Gasteiger partial charge in [-0.15, -0.1) is 0 Å². The van der Waals surface area contributed by atoms with Crippen molar-refractivity contribution >= 4 is 22.8 Å². The summed E-state index contributed by atoms with van der Waals surface area (Å²) in [5.41, 5.74) is 10.1. The number of fused-ring (bicyclic) bond motifs is 1. The predicted molar refractivity (Wildman–Crippen MR) is 113 cm³/mol. The van der Waals surface area contributed by atoms with E-state index in [1.165, 1.54) is 7.11 Å². The van der Waals surface area contributed by atoms with E-state index in [2.05, 4.69) is 15.3 Å². The molecule has 1 aromatic carbocycles. The number of nitrogens with two attached hydrogens (primary N) is 1. The van der Waals surface area contributed by atoms with Crippen LogP contribution in [-0.2, 0) is 4.74 Å². The number of aliphatic hydroxyl groups is 1. The van der Waals surface area contributed by atoms with Gasteiger partial charge in [0.2, 0.25) is 0 Å². The average molecular weight is 397 g/mol. The number of nitrogens with zero attached hydrogens (tertiary/aromatic N) is 2. The van der Waals surface area contributed by atoms with Gasteiger partial charge in [-0.3, -0.25) is 0 Å². The number of hydrogen-bond donors (Lipinski definition) is 4. The molecule has 8 heteroatoms. The highest BCUT2D eigenvalue weighted by Crippen LogP contribution is 2.31. The Labute approximate surface area is 169 Å². The molecule has 1 unspecified atom stereocenters. The number of H-pyrrole nitrogens is 1. The fraction of sp³-hybridized carbons (Fsp3) is 0.381. The first kappa shape index (κ1) is 20.8. The highest BCUT2D eigenvalue weighted by atomic mass is 16.5. The normalized spacial score (nSPS) is 12.8. The second-order valence-electron chi connectivity index (χ2n) is 7.79. The molecule has 0 aliphatic heterocycles. The lowest BCUT2D eigenvalue weighted by Gasteiger charge is -2.25. The maximum Gasteiger partial charge on any atom is 0.339 e. The molecule has 0 bridgehead atoms. The van der Waals surface area contributed by atoms with E-state index in [-0.39, 0.29) is 12.6 Å². The van der Waals surface area contributed by atoms with Crippen LogP contribution in [0.5, 0.6) is 0 Å². The van der Waals surface area contributed by atoms with Crippen molar-refractivity contribution in [3.63, 3.8) is 0 Å². The molecule has 3 aromatic rings. The smallest absolute Gasteiger partial charge is 0.339 e. The van der Waals surface area contributed by atoms with Gasteiger partial charge < -0.3 is 25.9 Å². The molecule has 0 radical (unpaired) electrons. The number of nitrogens with one attached hydrogen (secondary N) is 2. The van der Waals surface area contributed by atoms with Crippen LogP contribution in [0.4, 0.5) is 5.82 Å². The van der Waals surface area contributed by atoms with Crippen molar-refractivity contribution in [1.82, 2.24) is 15.0 Å². The number of benzene rings is 1. The zero-order valence-electron chi connectivity index (χ0n) is 17.3. The summed E-state index contributed by atoms with van der Waals surface area (Å²) in [6, 6.07) is 7.04. The van der Waals surface area contributed by atoms with Crippen molar-refractivity contribution in [3.8, 4) is 11.3 Å². The van der Waals surface area contributed by atoms with Crippen LogP contribution in [0, 0.1) is 6.92 Å². The highest BCUT2D eigenvalue weighted by Gasteiger charge is 2.22. The molecule has 154 valence electrons. The minimum absolute atomic E-state index is 0.0509. The van der Waals surface area contributed by atoms with E-state index >= 15 is 0 Å². The van der Waals surface area contributed by atoms with Crippen molar-refractivity contribution in [3.05, 3.63) is 41.2 Å². The molecular formula is C21H27N5O3. The summed E-state index contributed by atoms with van der Waals surface area (Å²) >= 11 is 0. The third kappa shape index (κ3) is 4.08. The average Bonchev–Trinajstić information content (AvgIpc) is 3.13. The molecule has 0 aliphatic carbocycles. The first-order valence-electron chi connectivity index (χ1n) is 9.40. The molecule has 0 saturated heterocycles. The minimum atomic E-state index is -0.547. The maximum atomic E-state index is 12.2. The number of aromatic amines is 1. The van der Waals surface area contributed by atoms with Gasteiger partial charge in [-0.2, -0.15) is 0 Å². The molecule has 0 aliphatic rings. The van der Waals surface area contributed by atoms with Crippen LogP contribution < -0.4 is 11.1 Å². The van der Waals surface area contributed by atoms with Crippen molar-refractivity contribution in [1.29, 1.82) is 0 Å².